The molecule has 4 rings (SSSR count). The normalized spacial score (nSPS) is 17.7. The molecule has 28 heavy (non-hydrogen) atoms. The monoisotopic (exact) mass is 393 g/mol. The smallest absolute Gasteiger partial charge is 0.138 e. The van der Waals surface area contributed by atoms with Crippen LogP contribution in [0, 0.1) is 0 Å². The van der Waals surface area contributed by atoms with Crippen molar-refractivity contribution in [3.05, 3.63) is 101 Å². The van der Waals surface area contributed by atoms with Gasteiger partial charge in [-0.2, -0.15) is 0 Å². The molecule has 0 aliphatic carbocycles. The zero-order valence-electron chi connectivity index (χ0n) is 15.6. The number of likely N-dealkylation sites (tertiary alicyclic amines) is 1. The van der Waals surface area contributed by atoms with Crippen molar-refractivity contribution in [1.29, 1.82) is 0 Å². The average Bonchev–Trinajstić information content (AvgIpc) is 3.21. The summed E-state index contributed by atoms with van der Waals surface area (Å²) in [4.78, 5) is 2.26. The highest BCUT2D eigenvalue weighted by atomic mass is 35.5. The number of nitrogens with zero attached hydrogens (tertiary/aromatic N) is 1. The molecule has 3 nitrogen and oxygen atoms in total. The number of hydrogen-bond acceptors (Lipinski definition) is 3. The lowest BCUT2D eigenvalue weighted by atomic mass is 9.79. The second-order valence-electron chi connectivity index (χ2n) is 7.37. The lowest BCUT2D eigenvalue weighted by Gasteiger charge is -2.40. The summed E-state index contributed by atoms with van der Waals surface area (Å²) in [7, 11) is 0. The third-order valence-corrected chi connectivity index (χ3v) is 6.02. The van der Waals surface area contributed by atoms with Gasteiger partial charge >= 0.3 is 0 Å². The van der Waals surface area contributed by atoms with E-state index in [2.05, 4.69) is 4.90 Å². The topological polar surface area (TPSA) is 43.7 Å². The first-order valence-corrected chi connectivity index (χ1v) is 10.0. The van der Waals surface area contributed by atoms with E-state index in [1.165, 1.54) is 0 Å². The Labute approximate surface area is 170 Å². The van der Waals surface area contributed by atoms with E-state index in [9.17, 15) is 10.2 Å². The Kier molecular flexibility index (Phi) is 5.40. The molecule has 0 saturated carbocycles. The van der Waals surface area contributed by atoms with Crippen LogP contribution in [0.5, 0.6) is 5.75 Å². The summed E-state index contributed by atoms with van der Waals surface area (Å²) in [6.45, 7) is 1.40. The summed E-state index contributed by atoms with van der Waals surface area (Å²) in [5.74, 6) is 0.123. The van der Waals surface area contributed by atoms with E-state index < -0.39 is 5.60 Å². The number of hydrogen-bond donors (Lipinski definition) is 2. The van der Waals surface area contributed by atoms with Gasteiger partial charge in [-0.05, 0) is 36.6 Å². The molecule has 1 aliphatic heterocycles. The lowest BCUT2D eigenvalue weighted by Crippen LogP contribution is -2.48. The molecule has 3 aromatic carbocycles. The second-order valence-corrected chi connectivity index (χ2v) is 7.78. The van der Waals surface area contributed by atoms with E-state index in [1.807, 2.05) is 72.8 Å². The molecule has 0 aromatic heterocycles. The van der Waals surface area contributed by atoms with Crippen LogP contribution >= 0.6 is 11.6 Å². The first kappa shape index (κ1) is 19.0. The van der Waals surface area contributed by atoms with Crippen LogP contribution in [-0.4, -0.2) is 27.7 Å². The van der Waals surface area contributed by atoms with Gasteiger partial charge in [0.05, 0.1) is 5.02 Å². The molecule has 0 spiro atoms. The molecule has 1 atom stereocenters. The first-order valence-electron chi connectivity index (χ1n) is 9.64. The molecule has 1 heterocycles. The Morgan fingerprint density at radius 3 is 2.11 bits per heavy atom. The van der Waals surface area contributed by atoms with Crippen LogP contribution in [0.1, 0.15) is 29.5 Å². The van der Waals surface area contributed by atoms with E-state index in [4.69, 9.17) is 11.6 Å². The number of phenols is 1. The van der Waals surface area contributed by atoms with Gasteiger partial charge in [0.2, 0.25) is 0 Å². The van der Waals surface area contributed by atoms with Crippen LogP contribution in [0.15, 0.2) is 78.9 Å². The highest BCUT2D eigenvalue weighted by Gasteiger charge is 2.45. The highest BCUT2D eigenvalue weighted by Crippen LogP contribution is 2.41. The fourth-order valence-electron chi connectivity index (χ4n) is 4.33. The number of para-hydroxylation sites is 1. The van der Waals surface area contributed by atoms with Gasteiger partial charge in [-0.15, -0.1) is 0 Å². The van der Waals surface area contributed by atoms with Crippen molar-refractivity contribution < 1.29 is 10.2 Å². The van der Waals surface area contributed by atoms with Crippen molar-refractivity contribution >= 4 is 11.6 Å². The highest BCUT2D eigenvalue weighted by molar-refractivity contribution is 6.32. The van der Waals surface area contributed by atoms with Crippen LogP contribution in [0.2, 0.25) is 5.02 Å². The molecule has 3 aromatic rings. The van der Waals surface area contributed by atoms with E-state index in [1.54, 1.807) is 6.07 Å². The summed E-state index contributed by atoms with van der Waals surface area (Å²) >= 11 is 6.10. The number of rotatable bonds is 5. The molecule has 1 fully saturated rings. The van der Waals surface area contributed by atoms with Crippen molar-refractivity contribution in [2.24, 2.45) is 0 Å². The standard InChI is InChI=1S/C24H24ClNO2/c25-21-14-7-9-18(23(21)27)17-26-16-8-15-22(26)24(28,19-10-3-1-4-11-19)20-12-5-2-6-13-20/h1-7,9-14,22,27-28H,8,15-17H2/t22-/m1/s1. The van der Waals surface area contributed by atoms with Crippen molar-refractivity contribution in [3.8, 4) is 5.75 Å². The van der Waals surface area contributed by atoms with Crippen molar-refractivity contribution in [3.63, 3.8) is 0 Å². The van der Waals surface area contributed by atoms with Gasteiger partial charge in [-0.3, -0.25) is 4.90 Å². The quantitative estimate of drug-likeness (QED) is 0.644. The lowest BCUT2D eigenvalue weighted by molar-refractivity contribution is -0.00672. The number of aliphatic hydroxyl groups is 1. The minimum atomic E-state index is -1.13. The maximum atomic E-state index is 12.1. The van der Waals surface area contributed by atoms with Gasteiger partial charge in [-0.25, -0.2) is 0 Å². The van der Waals surface area contributed by atoms with Gasteiger partial charge in [0.25, 0.3) is 0 Å². The van der Waals surface area contributed by atoms with E-state index >= 15 is 0 Å². The molecule has 0 unspecified atom stereocenters. The molecule has 1 saturated heterocycles. The number of phenolic OH excluding ortho intramolecular Hbond substituents is 1. The number of aromatic hydroxyl groups is 1. The van der Waals surface area contributed by atoms with Crippen molar-refractivity contribution in [1.82, 2.24) is 4.90 Å². The minimum Gasteiger partial charge on any atom is -0.506 e. The van der Waals surface area contributed by atoms with Gasteiger partial charge in [0, 0.05) is 18.2 Å². The van der Waals surface area contributed by atoms with Gasteiger partial charge < -0.3 is 10.2 Å². The molecular weight excluding hydrogens is 370 g/mol. The Bertz CT molecular complexity index is 890. The maximum absolute atomic E-state index is 12.1. The second kappa shape index (κ2) is 7.96. The van der Waals surface area contributed by atoms with E-state index in [0.29, 0.717) is 11.6 Å². The van der Waals surface area contributed by atoms with E-state index in [-0.39, 0.29) is 11.8 Å². The Balaban J connectivity index is 1.74. The Morgan fingerprint density at radius 1 is 0.893 bits per heavy atom. The van der Waals surface area contributed by atoms with Crippen LogP contribution in [0.25, 0.3) is 0 Å². The predicted octanol–water partition coefficient (Wildman–Crippen LogP) is 4.95. The largest absolute Gasteiger partial charge is 0.506 e. The molecule has 144 valence electrons. The zero-order valence-corrected chi connectivity index (χ0v) is 16.4. The average molecular weight is 394 g/mol. The summed E-state index contributed by atoms with van der Waals surface area (Å²) < 4.78 is 0. The number of halogens is 1. The predicted molar refractivity (Wildman–Crippen MR) is 112 cm³/mol. The van der Waals surface area contributed by atoms with Crippen LogP contribution in [0.4, 0.5) is 0 Å². The molecule has 0 bridgehead atoms. The molecule has 4 heteroatoms. The van der Waals surface area contributed by atoms with Gasteiger partial charge in [-0.1, -0.05) is 84.4 Å². The maximum Gasteiger partial charge on any atom is 0.138 e. The Hall–Kier alpha value is -2.33. The summed E-state index contributed by atoms with van der Waals surface area (Å²) in [5.41, 5.74) is 1.41. The van der Waals surface area contributed by atoms with Gasteiger partial charge in [0.15, 0.2) is 0 Å². The third kappa shape index (κ3) is 3.42. The summed E-state index contributed by atoms with van der Waals surface area (Å²) in [6, 6.07) is 25.1. The molecular formula is C24H24ClNO2. The zero-order chi connectivity index (χ0) is 19.6. The Morgan fingerprint density at radius 2 is 1.50 bits per heavy atom. The minimum absolute atomic E-state index is 0.101. The van der Waals surface area contributed by atoms with Crippen molar-refractivity contribution in [2.45, 2.75) is 31.0 Å². The van der Waals surface area contributed by atoms with Crippen LogP contribution in [0.3, 0.4) is 0 Å². The molecule has 1 aliphatic rings. The molecule has 2 N–H and O–H groups in total. The van der Waals surface area contributed by atoms with E-state index in [0.717, 1.165) is 36.1 Å². The third-order valence-electron chi connectivity index (χ3n) is 5.72. The summed E-state index contributed by atoms with van der Waals surface area (Å²) in [5, 5.41) is 22.8. The fourth-order valence-corrected chi connectivity index (χ4v) is 4.52. The molecule has 0 amide bonds. The van der Waals surface area contributed by atoms with Crippen LogP contribution in [-0.2, 0) is 12.1 Å². The number of benzene rings is 3. The van der Waals surface area contributed by atoms with Crippen molar-refractivity contribution in [2.75, 3.05) is 6.54 Å². The first-order chi connectivity index (χ1) is 13.6. The van der Waals surface area contributed by atoms with Crippen LogP contribution < -0.4 is 0 Å². The summed E-state index contributed by atoms with van der Waals surface area (Å²) in [6.07, 6.45) is 1.87. The fraction of sp³-hybridized carbons (Fsp3) is 0.250. The van der Waals surface area contributed by atoms with Gasteiger partial charge in [0.1, 0.15) is 11.4 Å². The molecule has 0 radical (unpaired) electrons. The SMILES string of the molecule is Oc1c(Cl)cccc1CN1CCC[C@@H]1C(O)(c1ccccc1)c1ccccc1.